The van der Waals surface area contributed by atoms with E-state index >= 15 is 0 Å². The highest BCUT2D eigenvalue weighted by atomic mass is 16.6. The maximum Gasteiger partial charge on any atom is 0.344 e. The number of carboxylic acid groups (broad SMARTS) is 1. The minimum atomic E-state index is -0.802. The summed E-state index contributed by atoms with van der Waals surface area (Å²) in [5.74, 6) is 1.65. The minimum Gasteiger partial charge on any atom is -0.482 e. The molecule has 7 nitrogen and oxygen atoms in total. The SMILES string of the molecule is CNC(O)CCC1CCC2Cc3c(cccc3OCC(=O)OC3CC(CC(=O)O)C3)CC12. The van der Waals surface area contributed by atoms with Gasteiger partial charge in [-0.1, -0.05) is 12.1 Å². The fraction of sp³-hybridized carbons (Fsp3) is 0.680. The van der Waals surface area contributed by atoms with Gasteiger partial charge in [0.15, 0.2) is 6.61 Å². The number of aliphatic carboxylic acids is 1. The molecule has 0 radical (unpaired) electrons. The molecule has 0 aliphatic heterocycles. The van der Waals surface area contributed by atoms with Gasteiger partial charge in [-0.25, -0.2) is 4.79 Å². The molecule has 3 N–H and O–H groups in total. The van der Waals surface area contributed by atoms with Crippen LogP contribution in [0, 0.1) is 23.7 Å². The van der Waals surface area contributed by atoms with Crippen LogP contribution in [0.4, 0.5) is 0 Å². The number of ether oxygens (including phenoxy) is 2. The molecule has 0 heterocycles. The van der Waals surface area contributed by atoms with E-state index in [-0.39, 0.29) is 31.0 Å². The van der Waals surface area contributed by atoms with Gasteiger partial charge >= 0.3 is 11.9 Å². The lowest BCUT2D eigenvalue weighted by molar-refractivity contribution is -0.159. The number of carbonyl (C=O) groups is 2. The lowest BCUT2D eigenvalue weighted by Crippen LogP contribution is -2.35. The van der Waals surface area contributed by atoms with Crippen LogP contribution in [0.1, 0.15) is 56.1 Å². The van der Waals surface area contributed by atoms with Crippen LogP contribution in [0.15, 0.2) is 18.2 Å². The standard InChI is InChI=1S/C25H35NO6/c1-26-23(27)8-7-16-5-6-18-13-21-17(12-20(16)18)3-2-4-22(21)31-14-25(30)32-19-9-15(10-19)11-24(28)29/h2-4,15-16,18-20,23,26-27H,5-14H2,1H3,(H,28,29). The Morgan fingerprint density at radius 1 is 1.22 bits per heavy atom. The molecule has 0 saturated heterocycles. The molecule has 4 atom stereocenters. The van der Waals surface area contributed by atoms with Gasteiger partial charge in [0.1, 0.15) is 18.1 Å². The summed E-state index contributed by atoms with van der Waals surface area (Å²) in [7, 11) is 1.79. The molecular weight excluding hydrogens is 410 g/mol. The van der Waals surface area contributed by atoms with Crippen molar-refractivity contribution in [2.24, 2.45) is 23.7 Å². The quantitative estimate of drug-likeness (QED) is 0.376. The van der Waals surface area contributed by atoms with Crippen LogP contribution in [-0.4, -0.2) is 48.1 Å². The van der Waals surface area contributed by atoms with E-state index < -0.39 is 12.2 Å². The summed E-state index contributed by atoms with van der Waals surface area (Å²) in [4.78, 5) is 22.9. The summed E-state index contributed by atoms with van der Waals surface area (Å²) in [6, 6.07) is 6.11. The molecule has 32 heavy (non-hydrogen) atoms. The third kappa shape index (κ3) is 5.44. The molecule has 4 unspecified atom stereocenters. The van der Waals surface area contributed by atoms with E-state index in [9.17, 15) is 14.7 Å². The van der Waals surface area contributed by atoms with Gasteiger partial charge in [-0.15, -0.1) is 0 Å². The van der Waals surface area contributed by atoms with Crippen LogP contribution < -0.4 is 10.1 Å². The summed E-state index contributed by atoms with van der Waals surface area (Å²) in [5.41, 5.74) is 2.54. The fourth-order valence-corrected chi connectivity index (χ4v) is 5.93. The number of fused-ring (bicyclic) bond motifs is 2. The average molecular weight is 446 g/mol. The molecule has 0 spiro atoms. The number of aliphatic hydroxyl groups excluding tert-OH is 1. The number of aliphatic hydroxyl groups is 1. The number of hydrogen-bond acceptors (Lipinski definition) is 6. The number of carbonyl (C=O) groups excluding carboxylic acids is 1. The van der Waals surface area contributed by atoms with Crippen molar-refractivity contribution in [2.75, 3.05) is 13.7 Å². The molecule has 1 aromatic rings. The predicted molar refractivity (Wildman–Crippen MR) is 118 cm³/mol. The second kappa shape index (κ2) is 10.2. The second-order valence-electron chi connectivity index (χ2n) is 9.78. The summed E-state index contributed by atoms with van der Waals surface area (Å²) in [6.07, 6.45) is 7.06. The molecular formula is C25H35NO6. The van der Waals surface area contributed by atoms with Crippen molar-refractivity contribution in [3.8, 4) is 5.75 Å². The molecule has 0 amide bonds. The van der Waals surface area contributed by atoms with Gasteiger partial charge in [-0.05, 0) is 99.3 Å². The van der Waals surface area contributed by atoms with Crippen molar-refractivity contribution in [3.05, 3.63) is 29.3 Å². The monoisotopic (exact) mass is 445 g/mol. The van der Waals surface area contributed by atoms with Crippen LogP contribution in [0.2, 0.25) is 0 Å². The van der Waals surface area contributed by atoms with Gasteiger partial charge in [0.2, 0.25) is 0 Å². The van der Waals surface area contributed by atoms with Crippen LogP contribution in [-0.2, 0) is 27.2 Å². The topological polar surface area (TPSA) is 105 Å². The van der Waals surface area contributed by atoms with Crippen molar-refractivity contribution in [1.29, 1.82) is 0 Å². The number of hydrogen-bond donors (Lipinski definition) is 3. The molecule has 4 rings (SSSR count). The van der Waals surface area contributed by atoms with Gasteiger partial charge in [0.25, 0.3) is 0 Å². The van der Waals surface area contributed by atoms with E-state index in [1.165, 1.54) is 24.0 Å². The Kier molecular flexibility index (Phi) is 7.36. The van der Waals surface area contributed by atoms with Crippen LogP contribution in [0.25, 0.3) is 0 Å². The number of benzene rings is 1. The largest absolute Gasteiger partial charge is 0.482 e. The van der Waals surface area contributed by atoms with Crippen LogP contribution in [0.5, 0.6) is 5.75 Å². The lowest BCUT2D eigenvalue weighted by atomic mass is 9.73. The first-order chi connectivity index (χ1) is 15.4. The molecule has 0 aromatic heterocycles. The van der Waals surface area contributed by atoms with Crippen molar-refractivity contribution in [3.63, 3.8) is 0 Å². The fourth-order valence-electron chi connectivity index (χ4n) is 5.93. The van der Waals surface area contributed by atoms with Gasteiger partial charge in [0.05, 0.1) is 0 Å². The Morgan fingerprint density at radius 2 is 2.03 bits per heavy atom. The summed E-state index contributed by atoms with van der Waals surface area (Å²) in [5, 5.41) is 21.6. The van der Waals surface area contributed by atoms with Gasteiger partial charge < -0.3 is 19.7 Å². The molecule has 3 aliphatic carbocycles. The first-order valence-corrected chi connectivity index (χ1v) is 11.9. The number of rotatable bonds is 10. The Bertz CT molecular complexity index is 821. The lowest BCUT2D eigenvalue weighted by Gasteiger charge is -2.34. The van der Waals surface area contributed by atoms with E-state index in [0.29, 0.717) is 30.6 Å². The Hall–Kier alpha value is -2.12. The summed E-state index contributed by atoms with van der Waals surface area (Å²) < 4.78 is 11.3. The number of carboxylic acids is 1. The molecule has 0 bridgehead atoms. The number of nitrogens with one attached hydrogen (secondary N) is 1. The molecule has 2 fully saturated rings. The van der Waals surface area contributed by atoms with Crippen LogP contribution in [0.3, 0.4) is 0 Å². The third-order valence-corrected chi connectivity index (χ3v) is 7.71. The Balaban J connectivity index is 1.28. The van der Waals surface area contributed by atoms with Gasteiger partial charge in [0, 0.05) is 6.42 Å². The predicted octanol–water partition coefficient (Wildman–Crippen LogP) is 2.92. The zero-order valence-corrected chi connectivity index (χ0v) is 18.8. The normalized spacial score (nSPS) is 29.4. The van der Waals surface area contributed by atoms with Crippen molar-refractivity contribution in [2.45, 2.75) is 70.1 Å². The summed E-state index contributed by atoms with van der Waals surface area (Å²) in [6.45, 7) is -0.116. The highest BCUT2D eigenvalue weighted by Crippen LogP contribution is 2.48. The van der Waals surface area contributed by atoms with Gasteiger partial charge in [-0.3, -0.25) is 10.1 Å². The van der Waals surface area contributed by atoms with E-state index in [1.807, 2.05) is 12.1 Å². The average Bonchev–Trinajstić information content (AvgIpc) is 3.14. The molecule has 3 aliphatic rings. The Labute approximate surface area is 189 Å². The second-order valence-corrected chi connectivity index (χ2v) is 9.78. The van der Waals surface area contributed by atoms with Crippen molar-refractivity contribution in [1.82, 2.24) is 5.32 Å². The molecule has 176 valence electrons. The zero-order valence-electron chi connectivity index (χ0n) is 18.8. The van der Waals surface area contributed by atoms with Crippen molar-refractivity contribution < 1.29 is 29.3 Å². The minimum absolute atomic E-state index is 0.108. The maximum atomic E-state index is 12.2. The maximum absolute atomic E-state index is 12.2. The number of esters is 1. The van der Waals surface area contributed by atoms with E-state index in [4.69, 9.17) is 14.6 Å². The van der Waals surface area contributed by atoms with E-state index in [0.717, 1.165) is 31.4 Å². The Morgan fingerprint density at radius 3 is 2.78 bits per heavy atom. The first kappa shape index (κ1) is 23.1. The highest BCUT2D eigenvalue weighted by Gasteiger charge is 2.40. The van der Waals surface area contributed by atoms with E-state index in [1.54, 1.807) is 7.05 Å². The molecule has 1 aromatic carbocycles. The molecule has 7 heteroatoms. The summed E-state index contributed by atoms with van der Waals surface area (Å²) >= 11 is 0. The molecule has 2 saturated carbocycles. The smallest absolute Gasteiger partial charge is 0.344 e. The highest BCUT2D eigenvalue weighted by molar-refractivity contribution is 5.71. The third-order valence-electron chi connectivity index (χ3n) is 7.71. The van der Waals surface area contributed by atoms with Gasteiger partial charge in [-0.2, -0.15) is 0 Å². The van der Waals surface area contributed by atoms with E-state index in [2.05, 4.69) is 11.4 Å². The van der Waals surface area contributed by atoms with Crippen molar-refractivity contribution >= 4 is 11.9 Å². The van der Waals surface area contributed by atoms with Crippen LogP contribution >= 0.6 is 0 Å². The zero-order chi connectivity index (χ0) is 22.7. The first-order valence-electron chi connectivity index (χ1n) is 11.9.